The summed E-state index contributed by atoms with van der Waals surface area (Å²) in [5, 5.41) is 5.14. The largest absolute Gasteiger partial charge is 0.355 e. The van der Waals surface area contributed by atoms with Crippen LogP contribution in [-0.4, -0.2) is 24.9 Å². The fourth-order valence-electron chi connectivity index (χ4n) is 1.53. The molecule has 0 bridgehead atoms. The van der Waals surface area contributed by atoms with E-state index < -0.39 is 0 Å². The number of halogens is 1. The van der Waals surface area contributed by atoms with Crippen LogP contribution in [0.5, 0.6) is 0 Å². The molecule has 0 fully saturated rings. The summed E-state index contributed by atoms with van der Waals surface area (Å²) >= 11 is 0. The van der Waals surface area contributed by atoms with Gasteiger partial charge in [0.05, 0.1) is 6.54 Å². The average molecular weight is 286 g/mol. The van der Waals surface area contributed by atoms with Crippen LogP contribution in [0.3, 0.4) is 0 Å². The molecule has 1 aromatic rings. The standard InChI is InChI=1S/C13H19N3O2.ClH/c1-2-15-13(18)9-16-12(17)8-11(14)10-6-4-3-5-7-10;/h3-7,11H,2,8-9,14H2,1H3,(H,15,18)(H,16,17);1H. The summed E-state index contributed by atoms with van der Waals surface area (Å²) in [7, 11) is 0. The smallest absolute Gasteiger partial charge is 0.239 e. The Morgan fingerprint density at radius 2 is 1.79 bits per heavy atom. The Bertz CT molecular complexity index is 398. The van der Waals surface area contributed by atoms with Crippen LogP contribution in [-0.2, 0) is 9.59 Å². The first kappa shape index (κ1) is 17.4. The highest BCUT2D eigenvalue weighted by molar-refractivity contribution is 5.85. The second-order valence-corrected chi connectivity index (χ2v) is 3.95. The number of likely N-dealkylation sites (N-methyl/N-ethyl adjacent to an activating group) is 1. The first-order valence-corrected chi connectivity index (χ1v) is 5.97. The quantitative estimate of drug-likeness (QED) is 0.721. The molecule has 1 unspecified atom stereocenters. The third-order valence-electron chi connectivity index (χ3n) is 2.45. The summed E-state index contributed by atoms with van der Waals surface area (Å²) in [6.07, 6.45) is 0.170. The summed E-state index contributed by atoms with van der Waals surface area (Å²) in [5.41, 5.74) is 6.81. The molecule has 0 aliphatic carbocycles. The Hall–Kier alpha value is -1.59. The topological polar surface area (TPSA) is 84.2 Å². The predicted octanol–water partition coefficient (Wildman–Crippen LogP) is 0.751. The molecule has 0 heterocycles. The zero-order valence-electron chi connectivity index (χ0n) is 10.9. The number of rotatable bonds is 6. The van der Waals surface area contributed by atoms with Gasteiger partial charge in [-0.1, -0.05) is 30.3 Å². The molecule has 6 heteroatoms. The minimum atomic E-state index is -0.347. The zero-order valence-corrected chi connectivity index (χ0v) is 11.7. The first-order valence-electron chi connectivity index (χ1n) is 5.97. The lowest BCUT2D eigenvalue weighted by Crippen LogP contribution is -2.37. The fraction of sp³-hybridized carbons (Fsp3) is 0.385. The number of hydrogen-bond donors (Lipinski definition) is 3. The van der Waals surface area contributed by atoms with Crippen molar-refractivity contribution in [3.63, 3.8) is 0 Å². The van der Waals surface area contributed by atoms with Gasteiger partial charge in [-0.3, -0.25) is 9.59 Å². The second kappa shape index (κ2) is 9.35. The number of amides is 2. The van der Waals surface area contributed by atoms with Crippen molar-refractivity contribution in [2.24, 2.45) is 5.73 Å². The van der Waals surface area contributed by atoms with Crippen molar-refractivity contribution in [1.82, 2.24) is 10.6 Å². The van der Waals surface area contributed by atoms with Gasteiger partial charge in [0.15, 0.2) is 0 Å². The van der Waals surface area contributed by atoms with E-state index in [1.54, 1.807) is 0 Å². The van der Waals surface area contributed by atoms with Gasteiger partial charge in [0.2, 0.25) is 11.8 Å². The number of hydrogen-bond acceptors (Lipinski definition) is 3. The van der Waals surface area contributed by atoms with E-state index in [4.69, 9.17) is 5.73 Å². The maximum absolute atomic E-state index is 11.6. The molecule has 1 rings (SSSR count). The Morgan fingerprint density at radius 3 is 2.37 bits per heavy atom. The van der Waals surface area contributed by atoms with Gasteiger partial charge in [-0.15, -0.1) is 12.4 Å². The minimum absolute atomic E-state index is 0. The van der Waals surface area contributed by atoms with E-state index in [2.05, 4.69) is 10.6 Å². The van der Waals surface area contributed by atoms with Crippen LogP contribution < -0.4 is 16.4 Å². The molecule has 0 saturated carbocycles. The number of carbonyl (C=O) groups is 2. The number of nitrogens with one attached hydrogen (secondary N) is 2. The van der Waals surface area contributed by atoms with E-state index >= 15 is 0 Å². The summed E-state index contributed by atoms with van der Waals surface area (Å²) in [6, 6.07) is 9.05. The van der Waals surface area contributed by atoms with Crippen LogP contribution in [0.4, 0.5) is 0 Å². The molecule has 2 amide bonds. The molecule has 0 aliphatic heterocycles. The van der Waals surface area contributed by atoms with Crippen LogP contribution >= 0.6 is 12.4 Å². The molecule has 1 aromatic carbocycles. The Kier molecular flexibility index (Phi) is 8.57. The van der Waals surface area contributed by atoms with Crippen LogP contribution in [0.2, 0.25) is 0 Å². The molecule has 19 heavy (non-hydrogen) atoms. The van der Waals surface area contributed by atoms with E-state index in [1.165, 1.54) is 0 Å². The van der Waals surface area contributed by atoms with Gasteiger partial charge < -0.3 is 16.4 Å². The molecule has 0 spiro atoms. The van der Waals surface area contributed by atoms with E-state index in [0.717, 1.165) is 5.56 Å². The number of nitrogens with two attached hydrogens (primary N) is 1. The zero-order chi connectivity index (χ0) is 13.4. The first-order chi connectivity index (χ1) is 8.63. The van der Waals surface area contributed by atoms with Gasteiger partial charge in [-0.05, 0) is 12.5 Å². The number of benzene rings is 1. The third-order valence-corrected chi connectivity index (χ3v) is 2.45. The monoisotopic (exact) mass is 285 g/mol. The van der Waals surface area contributed by atoms with E-state index in [-0.39, 0.29) is 43.2 Å². The Balaban J connectivity index is 0.00000324. The minimum Gasteiger partial charge on any atom is -0.355 e. The van der Waals surface area contributed by atoms with Crippen LogP contribution in [0.1, 0.15) is 24.9 Å². The van der Waals surface area contributed by atoms with Crippen molar-refractivity contribution in [2.45, 2.75) is 19.4 Å². The van der Waals surface area contributed by atoms with Gasteiger partial charge in [0, 0.05) is 19.0 Å². The summed E-state index contributed by atoms with van der Waals surface area (Å²) in [4.78, 5) is 22.7. The fourth-order valence-corrected chi connectivity index (χ4v) is 1.53. The third kappa shape index (κ3) is 6.79. The summed E-state index contributed by atoms with van der Waals surface area (Å²) in [6.45, 7) is 2.37. The highest BCUT2D eigenvalue weighted by Gasteiger charge is 2.11. The molecule has 0 aromatic heterocycles. The normalized spacial score (nSPS) is 11.1. The lowest BCUT2D eigenvalue weighted by atomic mass is 10.0. The molecule has 0 aliphatic rings. The second-order valence-electron chi connectivity index (χ2n) is 3.95. The van der Waals surface area contributed by atoms with Crippen LogP contribution in [0, 0.1) is 0 Å². The van der Waals surface area contributed by atoms with Crippen molar-refractivity contribution in [1.29, 1.82) is 0 Å². The van der Waals surface area contributed by atoms with Crippen LogP contribution in [0.25, 0.3) is 0 Å². The molecule has 5 nitrogen and oxygen atoms in total. The van der Waals surface area contributed by atoms with E-state index in [9.17, 15) is 9.59 Å². The molecule has 106 valence electrons. The highest BCUT2D eigenvalue weighted by Crippen LogP contribution is 2.12. The van der Waals surface area contributed by atoms with Crippen molar-refractivity contribution >= 4 is 24.2 Å². The Labute approximate surface area is 119 Å². The molecule has 0 saturated heterocycles. The average Bonchev–Trinajstić information content (AvgIpc) is 2.38. The maximum atomic E-state index is 11.6. The lowest BCUT2D eigenvalue weighted by molar-refractivity contribution is -0.126. The van der Waals surface area contributed by atoms with E-state index in [1.807, 2.05) is 37.3 Å². The maximum Gasteiger partial charge on any atom is 0.239 e. The van der Waals surface area contributed by atoms with Crippen molar-refractivity contribution < 1.29 is 9.59 Å². The molecular weight excluding hydrogens is 266 g/mol. The molecule has 4 N–H and O–H groups in total. The van der Waals surface area contributed by atoms with Gasteiger partial charge in [0.1, 0.15) is 0 Å². The number of carbonyl (C=O) groups excluding carboxylic acids is 2. The highest BCUT2D eigenvalue weighted by atomic mass is 35.5. The predicted molar refractivity (Wildman–Crippen MR) is 76.9 cm³/mol. The lowest BCUT2D eigenvalue weighted by Gasteiger charge is -2.11. The van der Waals surface area contributed by atoms with Crippen molar-refractivity contribution in [2.75, 3.05) is 13.1 Å². The van der Waals surface area contributed by atoms with E-state index in [0.29, 0.717) is 6.54 Å². The van der Waals surface area contributed by atoms with Gasteiger partial charge in [-0.2, -0.15) is 0 Å². The van der Waals surface area contributed by atoms with Gasteiger partial charge in [0.25, 0.3) is 0 Å². The van der Waals surface area contributed by atoms with Gasteiger partial charge >= 0.3 is 0 Å². The Morgan fingerprint density at radius 1 is 1.16 bits per heavy atom. The van der Waals surface area contributed by atoms with Crippen molar-refractivity contribution in [3.8, 4) is 0 Å². The molecular formula is C13H20ClN3O2. The SMILES string of the molecule is CCNC(=O)CNC(=O)CC(N)c1ccccc1.Cl. The summed E-state index contributed by atoms with van der Waals surface area (Å²) in [5.74, 6) is -0.420. The molecule has 1 atom stereocenters. The summed E-state index contributed by atoms with van der Waals surface area (Å²) < 4.78 is 0. The van der Waals surface area contributed by atoms with Gasteiger partial charge in [-0.25, -0.2) is 0 Å². The molecule has 0 radical (unpaired) electrons. The van der Waals surface area contributed by atoms with Crippen molar-refractivity contribution in [3.05, 3.63) is 35.9 Å². The van der Waals surface area contributed by atoms with Crippen LogP contribution in [0.15, 0.2) is 30.3 Å².